The lowest BCUT2D eigenvalue weighted by molar-refractivity contribution is -0.147. The minimum atomic E-state index is -0.747. The zero-order valence-corrected chi connectivity index (χ0v) is 13.3. The fourth-order valence-corrected chi connectivity index (χ4v) is 2.42. The van der Waals surface area contributed by atoms with Gasteiger partial charge in [-0.05, 0) is 24.6 Å². The van der Waals surface area contributed by atoms with Crippen LogP contribution in [-0.2, 0) is 9.53 Å². The standard InChI is InChI=1S/C19H16O5/c1-12(19(21)22-2)24-14-8-9-15-17(10-14)23-11-16(18(15)20)13-6-4-3-5-7-13/h3-12H,1-2H3/t12-/m0/s1. The Morgan fingerprint density at radius 3 is 2.58 bits per heavy atom. The SMILES string of the molecule is COC(=O)[C@H](C)Oc1ccc2c(=O)c(-c3ccccc3)coc2c1. The molecule has 1 heterocycles. The summed E-state index contributed by atoms with van der Waals surface area (Å²) in [6, 6.07) is 14.2. The van der Waals surface area contributed by atoms with Crippen molar-refractivity contribution in [3.63, 3.8) is 0 Å². The Hall–Kier alpha value is -3.08. The number of carbonyl (C=O) groups is 1. The minimum Gasteiger partial charge on any atom is -0.479 e. The van der Waals surface area contributed by atoms with Crippen molar-refractivity contribution < 1.29 is 18.7 Å². The molecule has 2 aromatic carbocycles. The Labute approximate surface area is 138 Å². The minimum absolute atomic E-state index is 0.116. The lowest BCUT2D eigenvalue weighted by Crippen LogP contribution is -2.24. The van der Waals surface area contributed by atoms with Gasteiger partial charge in [-0.15, -0.1) is 0 Å². The molecule has 0 radical (unpaired) electrons. The van der Waals surface area contributed by atoms with Crippen LogP contribution in [0.3, 0.4) is 0 Å². The maximum absolute atomic E-state index is 12.6. The molecule has 0 N–H and O–H groups in total. The van der Waals surface area contributed by atoms with E-state index in [1.807, 2.05) is 30.3 Å². The molecule has 0 saturated heterocycles. The van der Waals surface area contributed by atoms with Crippen LogP contribution >= 0.6 is 0 Å². The van der Waals surface area contributed by atoms with Crippen molar-refractivity contribution in [3.05, 3.63) is 65.0 Å². The first kappa shape index (κ1) is 15.8. The van der Waals surface area contributed by atoms with Crippen molar-refractivity contribution in [2.75, 3.05) is 7.11 Å². The van der Waals surface area contributed by atoms with E-state index in [1.54, 1.807) is 25.1 Å². The molecule has 0 aliphatic rings. The van der Waals surface area contributed by atoms with E-state index in [0.29, 0.717) is 22.3 Å². The van der Waals surface area contributed by atoms with Crippen LogP contribution in [0.2, 0.25) is 0 Å². The zero-order chi connectivity index (χ0) is 17.1. The van der Waals surface area contributed by atoms with Gasteiger partial charge in [-0.2, -0.15) is 0 Å². The van der Waals surface area contributed by atoms with Crippen LogP contribution < -0.4 is 10.2 Å². The van der Waals surface area contributed by atoms with Crippen LogP contribution in [0.5, 0.6) is 5.75 Å². The Bertz CT molecular complexity index is 927. The van der Waals surface area contributed by atoms with Gasteiger partial charge in [0.05, 0.1) is 18.1 Å². The van der Waals surface area contributed by atoms with Crippen LogP contribution in [0, 0.1) is 0 Å². The number of hydrogen-bond donors (Lipinski definition) is 0. The van der Waals surface area contributed by atoms with Crippen molar-refractivity contribution in [2.45, 2.75) is 13.0 Å². The van der Waals surface area contributed by atoms with E-state index in [1.165, 1.54) is 13.4 Å². The van der Waals surface area contributed by atoms with E-state index in [4.69, 9.17) is 9.15 Å². The lowest BCUT2D eigenvalue weighted by Gasteiger charge is -2.12. The van der Waals surface area contributed by atoms with Gasteiger partial charge in [0.15, 0.2) is 11.5 Å². The Kier molecular flexibility index (Phi) is 4.33. The summed E-state index contributed by atoms with van der Waals surface area (Å²) in [5, 5.41) is 0.453. The molecule has 24 heavy (non-hydrogen) atoms. The van der Waals surface area contributed by atoms with Gasteiger partial charge in [0, 0.05) is 6.07 Å². The molecule has 0 fully saturated rings. The number of ether oxygens (including phenoxy) is 2. The molecule has 1 aromatic heterocycles. The van der Waals surface area contributed by atoms with Crippen molar-refractivity contribution in [1.82, 2.24) is 0 Å². The molecular formula is C19H16O5. The van der Waals surface area contributed by atoms with Crippen LogP contribution in [0.15, 0.2) is 64.0 Å². The summed E-state index contributed by atoms with van der Waals surface area (Å²) < 4.78 is 15.7. The average Bonchev–Trinajstić information content (AvgIpc) is 2.62. The quantitative estimate of drug-likeness (QED) is 0.688. The molecule has 3 rings (SSSR count). The average molecular weight is 324 g/mol. The predicted molar refractivity (Wildman–Crippen MR) is 90.0 cm³/mol. The van der Waals surface area contributed by atoms with Gasteiger partial charge in [0.25, 0.3) is 0 Å². The number of fused-ring (bicyclic) bond motifs is 1. The molecule has 122 valence electrons. The lowest BCUT2D eigenvalue weighted by atomic mass is 10.1. The molecule has 0 spiro atoms. The van der Waals surface area contributed by atoms with Gasteiger partial charge < -0.3 is 13.9 Å². The highest BCUT2D eigenvalue weighted by Crippen LogP contribution is 2.23. The molecule has 5 nitrogen and oxygen atoms in total. The number of hydrogen-bond acceptors (Lipinski definition) is 5. The van der Waals surface area contributed by atoms with Crippen molar-refractivity contribution in [1.29, 1.82) is 0 Å². The first-order valence-corrected chi connectivity index (χ1v) is 7.45. The summed E-state index contributed by atoms with van der Waals surface area (Å²) in [6.07, 6.45) is 0.691. The van der Waals surface area contributed by atoms with E-state index in [9.17, 15) is 9.59 Å². The van der Waals surface area contributed by atoms with E-state index in [-0.39, 0.29) is 5.43 Å². The first-order valence-electron chi connectivity index (χ1n) is 7.45. The Morgan fingerprint density at radius 1 is 1.12 bits per heavy atom. The van der Waals surface area contributed by atoms with Crippen LogP contribution in [0.25, 0.3) is 22.1 Å². The van der Waals surface area contributed by atoms with E-state index >= 15 is 0 Å². The topological polar surface area (TPSA) is 65.7 Å². The summed E-state index contributed by atoms with van der Waals surface area (Å²) in [5.74, 6) is -0.0491. The number of benzene rings is 2. The fourth-order valence-electron chi connectivity index (χ4n) is 2.42. The summed E-state index contributed by atoms with van der Waals surface area (Å²) in [4.78, 5) is 24.1. The summed E-state index contributed by atoms with van der Waals surface area (Å²) in [5.41, 5.74) is 1.58. The number of esters is 1. The van der Waals surface area contributed by atoms with Crippen LogP contribution in [0.4, 0.5) is 0 Å². The van der Waals surface area contributed by atoms with Gasteiger partial charge in [-0.25, -0.2) is 4.79 Å². The van der Waals surface area contributed by atoms with Crippen LogP contribution in [0.1, 0.15) is 6.92 Å². The highest BCUT2D eigenvalue weighted by atomic mass is 16.6. The first-order chi connectivity index (χ1) is 11.6. The van der Waals surface area contributed by atoms with Gasteiger partial charge in [-0.1, -0.05) is 30.3 Å². The monoisotopic (exact) mass is 324 g/mol. The highest BCUT2D eigenvalue weighted by Gasteiger charge is 2.16. The second-order valence-electron chi connectivity index (χ2n) is 5.29. The zero-order valence-electron chi connectivity index (χ0n) is 13.3. The van der Waals surface area contributed by atoms with Crippen molar-refractivity contribution in [3.8, 4) is 16.9 Å². The van der Waals surface area contributed by atoms with Gasteiger partial charge >= 0.3 is 5.97 Å². The molecular weight excluding hydrogens is 308 g/mol. The molecule has 0 aliphatic heterocycles. The summed E-state index contributed by atoms with van der Waals surface area (Å²) in [7, 11) is 1.30. The maximum atomic E-state index is 12.6. The summed E-state index contributed by atoms with van der Waals surface area (Å²) in [6.45, 7) is 1.59. The fraction of sp³-hybridized carbons (Fsp3) is 0.158. The third-order valence-electron chi connectivity index (χ3n) is 3.68. The Morgan fingerprint density at radius 2 is 1.88 bits per heavy atom. The van der Waals surface area contributed by atoms with Crippen LogP contribution in [-0.4, -0.2) is 19.2 Å². The normalized spacial score (nSPS) is 11.9. The van der Waals surface area contributed by atoms with Gasteiger partial charge in [-0.3, -0.25) is 4.79 Å². The van der Waals surface area contributed by atoms with Gasteiger partial charge in [0.2, 0.25) is 0 Å². The molecule has 0 aliphatic carbocycles. The van der Waals surface area contributed by atoms with Crippen molar-refractivity contribution >= 4 is 16.9 Å². The highest BCUT2D eigenvalue weighted by molar-refractivity contribution is 5.82. The smallest absolute Gasteiger partial charge is 0.346 e. The third kappa shape index (κ3) is 3.01. The summed E-state index contributed by atoms with van der Waals surface area (Å²) >= 11 is 0. The predicted octanol–water partition coefficient (Wildman–Crippen LogP) is 3.40. The van der Waals surface area contributed by atoms with Crippen molar-refractivity contribution in [2.24, 2.45) is 0 Å². The second-order valence-corrected chi connectivity index (χ2v) is 5.29. The second kappa shape index (κ2) is 6.58. The van der Waals surface area contributed by atoms with E-state index < -0.39 is 12.1 Å². The molecule has 3 aromatic rings. The molecule has 0 saturated carbocycles. The van der Waals surface area contributed by atoms with E-state index in [2.05, 4.69) is 4.74 Å². The number of carbonyl (C=O) groups excluding carboxylic acids is 1. The molecule has 0 bridgehead atoms. The number of methoxy groups -OCH3 is 1. The molecule has 0 amide bonds. The van der Waals surface area contributed by atoms with E-state index in [0.717, 1.165) is 5.56 Å². The maximum Gasteiger partial charge on any atom is 0.346 e. The largest absolute Gasteiger partial charge is 0.479 e. The number of rotatable bonds is 4. The van der Waals surface area contributed by atoms with Gasteiger partial charge in [0.1, 0.15) is 17.6 Å². The molecule has 5 heteroatoms. The Balaban J connectivity index is 1.98. The molecule has 0 unspecified atom stereocenters. The molecule has 1 atom stereocenters. The third-order valence-corrected chi connectivity index (χ3v) is 3.68.